The SMILES string of the molecule is O=C(Nc1ccc(Cl)cc1)c1cccc(-c2ccc(S(=O)(=O)NCc3ccccc3)cc2)c1. The zero-order valence-electron chi connectivity index (χ0n) is 17.5. The number of hydrogen-bond acceptors (Lipinski definition) is 3. The van der Waals surface area contributed by atoms with Crippen molar-refractivity contribution in [2.24, 2.45) is 0 Å². The average Bonchev–Trinajstić information content (AvgIpc) is 2.85. The minimum atomic E-state index is -3.64. The normalized spacial score (nSPS) is 11.2. The zero-order valence-corrected chi connectivity index (χ0v) is 19.1. The van der Waals surface area contributed by atoms with Gasteiger partial charge < -0.3 is 5.32 Å². The number of anilines is 1. The van der Waals surface area contributed by atoms with Gasteiger partial charge in [-0.05, 0) is 65.2 Å². The first-order valence-corrected chi connectivity index (χ1v) is 12.1. The number of nitrogens with one attached hydrogen (secondary N) is 2. The van der Waals surface area contributed by atoms with Gasteiger partial charge in [0, 0.05) is 22.8 Å². The van der Waals surface area contributed by atoms with E-state index in [4.69, 9.17) is 11.6 Å². The molecule has 0 fully saturated rings. The van der Waals surface area contributed by atoms with Gasteiger partial charge in [-0.25, -0.2) is 13.1 Å². The molecule has 33 heavy (non-hydrogen) atoms. The van der Waals surface area contributed by atoms with Crippen molar-refractivity contribution in [1.82, 2.24) is 4.72 Å². The van der Waals surface area contributed by atoms with E-state index in [2.05, 4.69) is 10.0 Å². The molecule has 0 radical (unpaired) electrons. The number of amides is 1. The summed E-state index contributed by atoms with van der Waals surface area (Å²) >= 11 is 5.88. The van der Waals surface area contributed by atoms with Crippen molar-refractivity contribution < 1.29 is 13.2 Å². The molecule has 1 amide bonds. The third-order valence-corrected chi connectivity index (χ3v) is 6.70. The van der Waals surface area contributed by atoms with Gasteiger partial charge in [0.15, 0.2) is 0 Å². The van der Waals surface area contributed by atoms with E-state index in [0.717, 1.165) is 16.7 Å². The summed E-state index contributed by atoms with van der Waals surface area (Å²) < 4.78 is 27.9. The van der Waals surface area contributed by atoms with E-state index >= 15 is 0 Å². The van der Waals surface area contributed by atoms with Crippen LogP contribution < -0.4 is 10.0 Å². The van der Waals surface area contributed by atoms with Crippen molar-refractivity contribution in [3.05, 3.63) is 119 Å². The predicted molar refractivity (Wildman–Crippen MR) is 132 cm³/mol. The number of sulfonamides is 1. The number of carbonyl (C=O) groups excluding carboxylic acids is 1. The van der Waals surface area contributed by atoms with Gasteiger partial charge in [0.1, 0.15) is 0 Å². The Morgan fingerprint density at radius 2 is 1.45 bits per heavy atom. The second-order valence-electron chi connectivity index (χ2n) is 7.38. The lowest BCUT2D eigenvalue weighted by molar-refractivity contribution is 0.102. The maximum atomic E-state index is 12.6. The van der Waals surface area contributed by atoms with E-state index in [9.17, 15) is 13.2 Å². The number of halogens is 1. The molecule has 0 bridgehead atoms. The van der Waals surface area contributed by atoms with Gasteiger partial charge in [-0.15, -0.1) is 0 Å². The number of rotatable bonds is 7. The van der Waals surface area contributed by atoms with Crippen molar-refractivity contribution in [1.29, 1.82) is 0 Å². The quantitative estimate of drug-likeness (QED) is 0.357. The first-order valence-electron chi connectivity index (χ1n) is 10.2. The minimum absolute atomic E-state index is 0.179. The molecule has 0 saturated heterocycles. The largest absolute Gasteiger partial charge is 0.322 e. The Morgan fingerprint density at radius 1 is 0.758 bits per heavy atom. The standard InChI is InChI=1S/C26H21ClN2O3S/c27-23-11-13-24(14-12-23)29-26(30)22-8-4-7-21(17-22)20-9-15-25(16-10-20)33(31,32)28-18-19-5-2-1-3-6-19/h1-17,28H,18H2,(H,29,30). The van der Waals surface area contributed by atoms with Gasteiger partial charge in [0.2, 0.25) is 10.0 Å². The minimum Gasteiger partial charge on any atom is -0.322 e. The van der Waals surface area contributed by atoms with Gasteiger partial charge in [0.05, 0.1) is 4.90 Å². The Kier molecular flexibility index (Phi) is 6.89. The number of hydrogen-bond donors (Lipinski definition) is 2. The van der Waals surface area contributed by atoms with E-state index in [1.54, 1.807) is 66.7 Å². The second-order valence-corrected chi connectivity index (χ2v) is 9.58. The van der Waals surface area contributed by atoms with Gasteiger partial charge in [0.25, 0.3) is 5.91 Å². The Labute approximate surface area is 198 Å². The first-order chi connectivity index (χ1) is 15.9. The van der Waals surface area contributed by atoms with Crippen molar-refractivity contribution in [2.45, 2.75) is 11.4 Å². The van der Waals surface area contributed by atoms with Crippen LogP contribution in [0.1, 0.15) is 15.9 Å². The topological polar surface area (TPSA) is 75.3 Å². The maximum absolute atomic E-state index is 12.6. The molecular weight excluding hydrogens is 456 g/mol. The van der Waals surface area contributed by atoms with E-state index in [-0.39, 0.29) is 17.3 Å². The second kappa shape index (κ2) is 10.0. The van der Waals surface area contributed by atoms with Crippen LogP contribution in [0.15, 0.2) is 108 Å². The molecule has 2 N–H and O–H groups in total. The van der Waals surface area contributed by atoms with Crippen LogP contribution in [0.3, 0.4) is 0 Å². The lowest BCUT2D eigenvalue weighted by atomic mass is 10.0. The molecule has 0 heterocycles. The average molecular weight is 477 g/mol. The highest BCUT2D eigenvalue weighted by molar-refractivity contribution is 7.89. The molecule has 5 nitrogen and oxygen atoms in total. The van der Waals surface area contributed by atoms with Gasteiger partial charge >= 0.3 is 0 Å². The molecule has 0 atom stereocenters. The monoisotopic (exact) mass is 476 g/mol. The summed E-state index contributed by atoms with van der Waals surface area (Å²) in [6, 6.07) is 29.9. The molecule has 0 saturated carbocycles. The third kappa shape index (κ3) is 5.87. The fraction of sp³-hybridized carbons (Fsp3) is 0.0385. The number of benzene rings is 4. The van der Waals surface area contributed by atoms with E-state index in [0.29, 0.717) is 16.3 Å². The summed E-state index contributed by atoms with van der Waals surface area (Å²) in [5.74, 6) is -0.247. The highest BCUT2D eigenvalue weighted by Crippen LogP contribution is 2.23. The van der Waals surface area contributed by atoms with Gasteiger partial charge in [-0.1, -0.05) is 66.2 Å². The lowest BCUT2D eigenvalue weighted by Crippen LogP contribution is -2.23. The van der Waals surface area contributed by atoms with E-state index in [1.807, 2.05) is 36.4 Å². The summed E-state index contributed by atoms with van der Waals surface area (Å²) in [6.45, 7) is 0.218. The Bertz CT molecular complexity index is 1360. The van der Waals surface area contributed by atoms with Crippen molar-refractivity contribution in [2.75, 3.05) is 5.32 Å². The van der Waals surface area contributed by atoms with Gasteiger partial charge in [-0.2, -0.15) is 0 Å². The highest BCUT2D eigenvalue weighted by atomic mass is 35.5. The van der Waals surface area contributed by atoms with Gasteiger partial charge in [-0.3, -0.25) is 4.79 Å². The summed E-state index contributed by atoms with van der Waals surface area (Å²) in [7, 11) is -3.64. The molecule has 0 aliphatic carbocycles. The van der Waals surface area contributed by atoms with Crippen LogP contribution in [-0.2, 0) is 16.6 Å². The molecule has 0 unspecified atom stereocenters. The summed E-state index contributed by atoms with van der Waals surface area (Å²) in [6.07, 6.45) is 0. The first kappa shape index (κ1) is 22.7. The van der Waals surface area contributed by atoms with Crippen molar-refractivity contribution in [3.63, 3.8) is 0 Å². The van der Waals surface area contributed by atoms with Crippen LogP contribution in [0.4, 0.5) is 5.69 Å². The van der Waals surface area contributed by atoms with Crippen LogP contribution in [0.2, 0.25) is 5.02 Å². The maximum Gasteiger partial charge on any atom is 0.255 e. The predicted octanol–water partition coefficient (Wildman–Crippen LogP) is 5.74. The molecule has 4 rings (SSSR count). The Morgan fingerprint density at radius 3 is 2.15 bits per heavy atom. The molecule has 0 aromatic heterocycles. The van der Waals surface area contributed by atoms with Crippen molar-refractivity contribution >= 4 is 33.2 Å². The van der Waals surface area contributed by atoms with Crippen LogP contribution >= 0.6 is 11.6 Å². The molecule has 0 spiro atoms. The molecule has 166 valence electrons. The smallest absolute Gasteiger partial charge is 0.255 e. The lowest BCUT2D eigenvalue weighted by Gasteiger charge is -2.09. The van der Waals surface area contributed by atoms with Crippen LogP contribution in [0.5, 0.6) is 0 Å². The Balaban J connectivity index is 1.47. The van der Waals surface area contributed by atoms with Crippen LogP contribution in [-0.4, -0.2) is 14.3 Å². The molecule has 0 aliphatic heterocycles. The third-order valence-electron chi connectivity index (χ3n) is 5.03. The van der Waals surface area contributed by atoms with Crippen LogP contribution in [0, 0.1) is 0 Å². The summed E-state index contributed by atoms with van der Waals surface area (Å²) in [5.41, 5.74) is 3.63. The fourth-order valence-corrected chi connectivity index (χ4v) is 4.40. The summed E-state index contributed by atoms with van der Waals surface area (Å²) in [5, 5.41) is 3.43. The molecule has 4 aromatic carbocycles. The van der Waals surface area contributed by atoms with Crippen LogP contribution in [0.25, 0.3) is 11.1 Å². The zero-order chi connectivity index (χ0) is 23.3. The fourth-order valence-electron chi connectivity index (χ4n) is 3.26. The molecule has 7 heteroatoms. The van der Waals surface area contributed by atoms with E-state index in [1.165, 1.54) is 0 Å². The highest BCUT2D eigenvalue weighted by Gasteiger charge is 2.14. The van der Waals surface area contributed by atoms with Crippen molar-refractivity contribution in [3.8, 4) is 11.1 Å². The van der Waals surface area contributed by atoms with E-state index < -0.39 is 10.0 Å². The molecule has 0 aliphatic rings. The Hall–Kier alpha value is -3.45. The molecular formula is C26H21ClN2O3S. The number of carbonyl (C=O) groups is 1. The summed E-state index contributed by atoms with van der Waals surface area (Å²) in [4.78, 5) is 12.8. The molecule has 4 aromatic rings.